The molecule has 0 bridgehead atoms. The fraction of sp³-hybridized carbons (Fsp3) is 0.111. The van der Waals surface area contributed by atoms with E-state index < -0.39 is 0 Å². The zero-order valence-corrected chi connectivity index (χ0v) is 12.2. The summed E-state index contributed by atoms with van der Waals surface area (Å²) in [6.45, 7) is 2.49. The first-order valence-electron chi connectivity index (χ1n) is 7.08. The predicted octanol–water partition coefficient (Wildman–Crippen LogP) is 3.58. The van der Waals surface area contributed by atoms with Crippen molar-refractivity contribution in [2.24, 2.45) is 0 Å². The molecule has 0 saturated carbocycles. The number of aromatic nitrogens is 1. The highest BCUT2D eigenvalue weighted by Gasteiger charge is 2.13. The van der Waals surface area contributed by atoms with E-state index in [2.05, 4.69) is 10.5 Å². The maximum Gasteiger partial charge on any atom is 0.273 e. The molecule has 3 aromatic rings. The lowest BCUT2D eigenvalue weighted by atomic mass is 10.1. The Morgan fingerprint density at radius 1 is 1.09 bits per heavy atom. The number of benzene rings is 2. The van der Waals surface area contributed by atoms with Gasteiger partial charge >= 0.3 is 0 Å². The van der Waals surface area contributed by atoms with Crippen LogP contribution in [0.15, 0.2) is 65.2 Å². The summed E-state index contributed by atoms with van der Waals surface area (Å²) >= 11 is 0. The van der Waals surface area contributed by atoms with Gasteiger partial charge in [-0.25, -0.2) is 0 Å². The Hall–Kier alpha value is -2.88. The molecule has 1 amide bonds. The third-order valence-electron chi connectivity index (χ3n) is 3.37. The molecule has 0 atom stereocenters. The van der Waals surface area contributed by atoms with Crippen LogP contribution in [-0.4, -0.2) is 11.1 Å². The second kappa shape index (κ2) is 6.26. The highest BCUT2D eigenvalue weighted by atomic mass is 16.5. The molecule has 0 spiro atoms. The van der Waals surface area contributed by atoms with Crippen LogP contribution in [0.2, 0.25) is 0 Å². The van der Waals surface area contributed by atoms with Gasteiger partial charge in [0.05, 0.1) is 0 Å². The minimum absolute atomic E-state index is 0.244. The average Bonchev–Trinajstić information content (AvgIpc) is 3.04. The van der Waals surface area contributed by atoms with Gasteiger partial charge in [0.25, 0.3) is 5.91 Å². The summed E-state index contributed by atoms with van der Waals surface area (Å²) < 4.78 is 5.25. The van der Waals surface area contributed by atoms with E-state index in [0.29, 0.717) is 12.3 Å². The van der Waals surface area contributed by atoms with Crippen LogP contribution >= 0.6 is 0 Å². The molecule has 4 heteroatoms. The molecule has 110 valence electrons. The summed E-state index contributed by atoms with van der Waals surface area (Å²) in [5.74, 6) is 0.343. The summed E-state index contributed by atoms with van der Waals surface area (Å²) in [7, 11) is 0. The Morgan fingerprint density at radius 3 is 2.55 bits per heavy atom. The normalized spacial score (nSPS) is 10.4. The smallest absolute Gasteiger partial charge is 0.273 e. The molecule has 1 heterocycles. The maximum absolute atomic E-state index is 12.1. The minimum atomic E-state index is -0.244. The van der Waals surface area contributed by atoms with Crippen molar-refractivity contribution in [2.75, 3.05) is 0 Å². The second-order valence-electron chi connectivity index (χ2n) is 5.11. The summed E-state index contributed by atoms with van der Waals surface area (Å²) in [6, 6.07) is 19.3. The van der Waals surface area contributed by atoms with Gasteiger partial charge in [-0.05, 0) is 12.5 Å². The summed E-state index contributed by atoms with van der Waals surface area (Å²) in [4.78, 5) is 12.1. The van der Waals surface area contributed by atoms with Gasteiger partial charge < -0.3 is 9.84 Å². The largest absolute Gasteiger partial charge is 0.355 e. The summed E-state index contributed by atoms with van der Waals surface area (Å²) in [5, 5.41) is 6.67. The molecule has 1 N–H and O–H groups in total. The van der Waals surface area contributed by atoms with Gasteiger partial charge in [-0.3, -0.25) is 4.79 Å². The molecular formula is C18H16N2O2. The van der Waals surface area contributed by atoms with Crippen molar-refractivity contribution in [3.8, 4) is 11.3 Å². The summed E-state index contributed by atoms with van der Waals surface area (Å²) in [5.41, 5.74) is 3.40. The molecule has 2 aromatic carbocycles. The van der Waals surface area contributed by atoms with E-state index in [-0.39, 0.29) is 11.6 Å². The van der Waals surface area contributed by atoms with Crippen LogP contribution in [0.5, 0.6) is 0 Å². The van der Waals surface area contributed by atoms with E-state index >= 15 is 0 Å². The van der Waals surface area contributed by atoms with Crippen molar-refractivity contribution in [3.63, 3.8) is 0 Å². The molecule has 0 saturated heterocycles. The van der Waals surface area contributed by atoms with Crippen molar-refractivity contribution in [3.05, 3.63) is 77.5 Å². The number of carbonyl (C=O) groups excluding carboxylic acids is 1. The van der Waals surface area contributed by atoms with Crippen molar-refractivity contribution < 1.29 is 9.32 Å². The number of aryl methyl sites for hydroxylation is 1. The standard InChI is InChI=1S/C18H16N2O2/c1-13-7-9-15(10-8-13)17-11-16(20-22-17)18(21)19-12-14-5-3-2-4-6-14/h2-11H,12H2,1H3,(H,19,21). The third-order valence-corrected chi connectivity index (χ3v) is 3.37. The zero-order chi connectivity index (χ0) is 15.4. The lowest BCUT2D eigenvalue weighted by Gasteiger charge is -2.02. The van der Waals surface area contributed by atoms with Gasteiger partial charge in [0.15, 0.2) is 11.5 Å². The molecule has 0 fully saturated rings. The van der Waals surface area contributed by atoms with Crippen LogP contribution in [0.3, 0.4) is 0 Å². The maximum atomic E-state index is 12.1. The predicted molar refractivity (Wildman–Crippen MR) is 84.3 cm³/mol. The molecule has 1 aromatic heterocycles. The minimum Gasteiger partial charge on any atom is -0.355 e. The fourth-order valence-corrected chi connectivity index (χ4v) is 2.10. The zero-order valence-electron chi connectivity index (χ0n) is 12.2. The lowest BCUT2D eigenvalue weighted by Crippen LogP contribution is -2.22. The lowest BCUT2D eigenvalue weighted by molar-refractivity contribution is 0.0942. The van der Waals surface area contributed by atoms with E-state index in [0.717, 1.165) is 11.1 Å². The second-order valence-corrected chi connectivity index (χ2v) is 5.11. The topological polar surface area (TPSA) is 55.1 Å². The first-order valence-corrected chi connectivity index (χ1v) is 7.08. The highest BCUT2D eigenvalue weighted by Crippen LogP contribution is 2.20. The van der Waals surface area contributed by atoms with Gasteiger partial charge in [-0.1, -0.05) is 65.3 Å². The molecule has 0 aliphatic carbocycles. The number of hydrogen-bond acceptors (Lipinski definition) is 3. The molecular weight excluding hydrogens is 276 g/mol. The van der Waals surface area contributed by atoms with E-state index in [4.69, 9.17) is 4.52 Å². The van der Waals surface area contributed by atoms with Gasteiger partial charge in [-0.2, -0.15) is 0 Å². The van der Waals surface area contributed by atoms with Gasteiger partial charge in [0.1, 0.15) is 0 Å². The quantitative estimate of drug-likeness (QED) is 0.799. The Bertz CT molecular complexity index is 761. The fourth-order valence-electron chi connectivity index (χ4n) is 2.10. The average molecular weight is 292 g/mol. The molecule has 0 aliphatic heterocycles. The third kappa shape index (κ3) is 3.23. The van der Waals surface area contributed by atoms with Crippen molar-refractivity contribution >= 4 is 5.91 Å². The van der Waals surface area contributed by atoms with E-state index in [1.165, 1.54) is 5.56 Å². The number of rotatable bonds is 4. The molecule has 22 heavy (non-hydrogen) atoms. The number of carbonyl (C=O) groups is 1. The number of nitrogens with zero attached hydrogens (tertiary/aromatic N) is 1. The molecule has 4 nitrogen and oxygen atoms in total. The molecule has 0 aliphatic rings. The van der Waals surface area contributed by atoms with Gasteiger partial charge in [-0.15, -0.1) is 0 Å². The number of hydrogen-bond donors (Lipinski definition) is 1. The van der Waals surface area contributed by atoms with Gasteiger partial charge in [0.2, 0.25) is 0 Å². The molecule has 0 radical (unpaired) electrons. The Kier molecular flexibility index (Phi) is 4.01. The molecule has 3 rings (SSSR count). The van der Waals surface area contributed by atoms with Crippen molar-refractivity contribution in [2.45, 2.75) is 13.5 Å². The first kappa shape index (κ1) is 14.1. The first-order chi connectivity index (χ1) is 10.7. The monoisotopic (exact) mass is 292 g/mol. The van der Waals surface area contributed by atoms with Crippen LogP contribution in [0, 0.1) is 6.92 Å². The van der Waals surface area contributed by atoms with Gasteiger partial charge in [0, 0.05) is 18.2 Å². The van der Waals surface area contributed by atoms with E-state index in [9.17, 15) is 4.79 Å². The Labute approximate surface area is 128 Å². The number of amides is 1. The molecule has 0 unspecified atom stereocenters. The Balaban J connectivity index is 1.68. The van der Waals surface area contributed by atoms with Crippen LogP contribution in [0.1, 0.15) is 21.6 Å². The van der Waals surface area contributed by atoms with Crippen LogP contribution < -0.4 is 5.32 Å². The SMILES string of the molecule is Cc1ccc(-c2cc(C(=O)NCc3ccccc3)no2)cc1. The summed E-state index contributed by atoms with van der Waals surface area (Å²) in [6.07, 6.45) is 0. The van der Waals surface area contributed by atoms with Crippen LogP contribution in [0.4, 0.5) is 0 Å². The van der Waals surface area contributed by atoms with Crippen molar-refractivity contribution in [1.29, 1.82) is 0 Å². The van der Waals surface area contributed by atoms with E-state index in [1.807, 2.05) is 61.5 Å². The Morgan fingerprint density at radius 2 is 1.82 bits per heavy atom. The van der Waals surface area contributed by atoms with Crippen LogP contribution in [-0.2, 0) is 6.54 Å². The van der Waals surface area contributed by atoms with Crippen molar-refractivity contribution in [1.82, 2.24) is 10.5 Å². The van der Waals surface area contributed by atoms with Crippen LogP contribution in [0.25, 0.3) is 11.3 Å². The highest BCUT2D eigenvalue weighted by molar-refractivity contribution is 5.93. The van der Waals surface area contributed by atoms with E-state index in [1.54, 1.807) is 6.07 Å². The number of nitrogens with one attached hydrogen (secondary N) is 1.